The van der Waals surface area contributed by atoms with E-state index in [1.54, 1.807) is 25.3 Å². The molecule has 24 heavy (non-hydrogen) atoms. The predicted octanol–water partition coefficient (Wildman–Crippen LogP) is 1.94. The Kier molecular flexibility index (Phi) is 5.08. The van der Waals surface area contributed by atoms with Crippen LogP contribution in [0.2, 0.25) is 5.02 Å². The molecular weight excluding hydrogens is 330 g/mol. The zero-order valence-corrected chi connectivity index (χ0v) is 14.4. The fraction of sp³-hybridized carbons (Fsp3) is 0.529. The van der Waals surface area contributed by atoms with Crippen LogP contribution >= 0.6 is 11.6 Å². The Bertz CT molecular complexity index is 640. The predicted molar refractivity (Wildman–Crippen MR) is 92.4 cm³/mol. The van der Waals surface area contributed by atoms with E-state index < -0.39 is 5.60 Å². The molecule has 2 aliphatic rings. The smallest absolute Gasteiger partial charge is 0.256 e. The standard InChI is InChI=1S/C17H22ClN3O3/c1-24-17(6-8-19-9-7-17)16(23)21-12-4-5-14(18)13(10-12)15(22)20-11-2-3-11/h4-5,10-11,19H,2-3,6-9H2,1H3,(H,20,22)(H,21,23). The number of benzene rings is 1. The van der Waals surface area contributed by atoms with E-state index in [0.717, 1.165) is 25.9 Å². The molecule has 1 saturated carbocycles. The molecule has 0 spiro atoms. The topological polar surface area (TPSA) is 79.5 Å². The number of methoxy groups -OCH3 is 1. The Balaban J connectivity index is 1.74. The van der Waals surface area contributed by atoms with Gasteiger partial charge in [0.1, 0.15) is 5.60 Å². The lowest BCUT2D eigenvalue weighted by molar-refractivity contribution is -0.140. The van der Waals surface area contributed by atoms with Crippen LogP contribution in [0, 0.1) is 0 Å². The molecule has 7 heteroatoms. The van der Waals surface area contributed by atoms with E-state index in [9.17, 15) is 9.59 Å². The molecule has 6 nitrogen and oxygen atoms in total. The molecule has 0 radical (unpaired) electrons. The van der Waals surface area contributed by atoms with Crippen molar-refractivity contribution in [2.24, 2.45) is 0 Å². The molecule has 1 saturated heterocycles. The fourth-order valence-corrected chi connectivity index (χ4v) is 3.07. The lowest BCUT2D eigenvalue weighted by Crippen LogP contribution is -2.51. The third kappa shape index (κ3) is 3.71. The first-order valence-corrected chi connectivity index (χ1v) is 8.59. The van der Waals surface area contributed by atoms with Gasteiger partial charge >= 0.3 is 0 Å². The van der Waals surface area contributed by atoms with Gasteiger partial charge in [0.05, 0.1) is 10.6 Å². The molecule has 3 rings (SSSR count). The number of ether oxygens (including phenoxy) is 1. The first kappa shape index (κ1) is 17.2. The van der Waals surface area contributed by atoms with E-state index in [1.807, 2.05) is 0 Å². The molecule has 1 aromatic carbocycles. The number of nitrogens with one attached hydrogen (secondary N) is 3. The maximum absolute atomic E-state index is 12.7. The lowest BCUT2D eigenvalue weighted by atomic mass is 9.91. The third-order valence-electron chi connectivity index (χ3n) is 4.60. The van der Waals surface area contributed by atoms with Gasteiger partial charge in [0, 0.05) is 18.8 Å². The molecule has 0 aromatic heterocycles. The second kappa shape index (κ2) is 7.09. The highest BCUT2D eigenvalue weighted by Crippen LogP contribution is 2.27. The number of amides is 2. The summed E-state index contributed by atoms with van der Waals surface area (Å²) in [5, 5.41) is 9.36. The summed E-state index contributed by atoms with van der Waals surface area (Å²) in [6.45, 7) is 1.47. The minimum absolute atomic E-state index is 0.192. The average molecular weight is 352 g/mol. The van der Waals surface area contributed by atoms with Gasteiger partial charge in [-0.25, -0.2) is 0 Å². The van der Waals surface area contributed by atoms with E-state index in [1.165, 1.54) is 0 Å². The number of rotatable bonds is 5. The molecule has 1 aliphatic heterocycles. The molecule has 1 heterocycles. The van der Waals surface area contributed by atoms with Gasteiger partial charge in [-0.05, 0) is 57.0 Å². The molecular formula is C17H22ClN3O3. The molecule has 0 bridgehead atoms. The molecule has 0 atom stereocenters. The highest BCUT2D eigenvalue weighted by molar-refractivity contribution is 6.34. The van der Waals surface area contributed by atoms with Crippen LogP contribution in [0.3, 0.4) is 0 Å². The minimum Gasteiger partial charge on any atom is -0.368 e. The van der Waals surface area contributed by atoms with Crippen molar-refractivity contribution >= 4 is 29.1 Å². The van der Waals surface area contributed by atoms with Crippen molar-refractivity contribution in [3.05, 3.63) is 28.8 Å². The zero-order valence-electron chi connectivity index (χ0n) is 13.7. The van der Waals surface area contributed by atoms with Crippen molar-refractivity contribution in [2.45, 2.75) is 37.3 Å². The van der Waals surface area contributed by atoms with Crippen molar-refractivity contribution in [3.8, 4) is 0 Å². The quantitative estimate of drug-likeness (QED) is 0.757. The van der Waals surface area contributed by atoms with Crippen molar-refractivity contribution in [2.75, 3.05) is 25.5 Å². The number of carbonyl (C=O) groups is 2. The van der Waals surface area contributed by atoms with Crippen molar-refractivity contribution in [1.82, 2.24) is 10.6 Å². The van der Waals surface area contributed by atoms with Crippen LogP contribution in [0.15, 0.2) is 18.2 Å². The maximum Gasteiger partial charge on any atom is 0.256 e. The molecule has 130 valence electrons. The summed E-state index contributed by atoms with van der Waals surface area (Å²) in [5.41, 5.74) is 0.0832. The Morgan fingerprint density at radius 3 is 2.62 bits per heavy atom. The van der Waals surface area contributed by atoms with E-state index >= 15 is 0 Å². The van der Waals surface area contributed by atoms with Crippen LogP contribution in [0.4, 0.5) is 5.69 Å². The van der Waals surface area contributed by atoms with Gasteiger partial charge in [-0.1, -0.05) is 11.6 Å². The number of piperidine rings is 1. The second-order valence-electron chi connectivity index (χ2n) is 6.34. The summed E-state index contributed by atoms with van der Waals surface area (Å²) >= 11 is 6.13. The first-order chi connectivity index (χ1) is 11.5. The molecule has 2 fully saturated rings. The molecule has 1 aliphatic carbocycles. The van der Waals surface area contributed by atoms with Gasteiger partial charge in [-0.3, -0.25) is 9.59 Å². The third-order valence-corrected chi connectivity index (χ3v) is 4.93. The Morgan fingerprint density at radius 1 is 1.29 bits per heavy atom. The Hall–Kier alpha value is -1.63. The van der Waals surface area contributed by atoms with Crippen LogP contribution in [0.5, 0.6) is 0 Å². The largest absolute Gasteiger partial charge is 0.368 e. The Labute approximate surface area is 146 Å². The normalized spacial score (nSPS) is 19.6. The fourth-order valence-electron chi connectivity index (χ4n) is 2.87. The molecule has 0 unspecified atom stereocenters. The van der Waals surface area contributed by atoms with Crippen LogP contribution < -0.4 is 16.0 Å². The lowest BCUT2D eigenvalue weighted by Gasteiger charge is -2.34. The van der Waals surface area contributed by atoms with Crippen molar-refractivity contribution in [1.29, 1.82) is 0 Å². The van der Waals surface area contributed by atoms with Gasteiger partial charge in [-0.15, -0.1) is 0 Å². The highest BCUT2D eigenvalue weighted by atomic mass is 35.5. The summed E-state index contributed by atoms with van der Waals surface area (Å²) < 4.78 is 5.52. The zero-order chi connectivity index (χ0) is 17.2. The van der Waals surface area contributed by atoms with Crippen LogP contribution in [0.1, 0.15) is 36.0 Å². The van der Waals surface area contributed by atoms with E-state index in [4.69, 9.17) is 16.3 Å². The van der Waals surface area contributed by atoms with Gasteiger partial charge in [0.25, 0.3) is 11.8 Å². The molecule has 3 N–H and O–H groups in total. The van der Waals surface area contributed by atoms with Crippen LogP contribution in [0.25, 0.3) is 0 Å². The molecule has 1 aromatic rings. The number of hydrogen-bond acceptors (Lipinski definition) is 4. The summed E-state index contributed by atoms with van der Waals surface area (Å²) in [5.74, 6) is -0.399. The van der Waals surface area contributed by atoms with Crippen LogP contribution in [-0.4, -0.2) is 43.7 Å². The Morgan fingerprint density at radius 2 is 2.00 bits per heavy atom. The summed E-state index contributed by atoms with van der Waals surface area (Å²) in [6, 6.07) is 5.18. The number of halogens is 1. The minimum atomic E-state index is -0.832. The maximum atomic E-state index is 12.7. The number of carbonyl (C=O) groups excluding carboxylic acids is 2. The van der Waals surface area contributed by atoms with E-state index in [2.05, 4.69) is 16.0 Å². The first-order valence-electron chi connectivity index (χ1n) is 8.22. The second-order valence-corrected chi connectivity index (χ2v) is 6.75. The van der Waals surface area contributed by atoms with Crippen molar-refractivity contribution in [3.63, 3.8) is 0 Å². The van der Waals surface area contributed by atoms with Gasteiger partial charge < -0.3 is 20.7 Å². The monoisotopic (exact) mass is 351 g/mol. The average Bonchev–Trinajstić information content (AvgIpc) is 3.41. The van der Waals surface area contributed by atoms with Gasteiger partial charge in [-0.2, -0.15) is 0 Å². The van der Waals surface area contributed by atoms with Crippen molar-refractivity contribution < 1.29 is 14.3 Å². The van der Waals surface area contributed by atoms with E-state index in [0.29, 0.717) is 29.1 Å². The van der Waals surface area contributed by atoms with Gasteiger partial charge in [0.15, 0.2) is 0 Å². The number of anilines is 1. The summed E-state index contributed by atoms with van der Waals surface area (Å²) in [7, 11) is 1.56. The van der Waals surface area contributed by atoms with Gasteiger partial charge in [0.2, 0.25) is 0 Å². The van der Waals surface area contributed by atoms with E-state index in [-0.39, 0.29) is 17.9 Å². The SMILES string of the molecule is COC1(C(=O)Nc2ccc(Cl)c(C(=O)NC3CC3)c2)CCNCC1. The summed E-state index contributed by atoms with van der Waals surface area (Å²) in [6.07, 6.45) is 3.23. The van der Waals surface area contributed by atoms with Crippen LogP contribution in [-0.2, 0) is 9.53 Å². The number of hydrogen-bond donors (Lipinski definition) is 3. The summed E-state index contributed by atoms with van der Waals surface area (Å²) in [4.78, 5) is 24.9. The molecule has 2 amide bonds. The highest BCUT2D eigenvalue weighted by Gasteiger charge is 2.39.